The first kappa shape index (κ1) is 14.5. The number of hydrogen-bond acceptors (Lipinski definition) is 2. The van der Waals surface area contributed by atoms with Gasteiger partial charge in [-0.1, -0.05) is 43.7 Å². The monoisotopic (exact) mass is 260 g/mol. The summed E-state index contributed by atoms with van der Waals surface area (Å²) in [4.78, 5) is 2.63. The van der Waals surface area contributed by atoms with Gasteiger partial charge < -0.3 is 5.32 Å². The second-order valence-corrected chi connectivity index (χ2v) is 6.01. The maximum Gasteiger partial charge on any atom is 0.0236 e. The van der Waals surface area contributed by atoms with E-state index in [9.17, 15) is 0 Å². The molecule has 0 amide bonds. The van der Waals surface area contributed by atoms with Gasteiger partial charge in [0.2, 0.25) is 0 Å². The van der Waals surface area contributed by atoms with Crippen LogP contribution in [0.2, 0.25) is 0 Å². The van der Waals surface area contributed by atoms with E-state index in [2.05, 4.69) is 62.2 Å². The lowest BCUT2D eigenvalue weighted by atomic mass is 9.86. The van der Waals surface area contributed by atoms with Crippen molar-refractivity contribution in [2.75, 3.05) is 13.1 Å². The van der Waals surface area contributed by atoms with E-state index in [0.29, 0.717) is 12.1 Å². The highest BCUT2D eigenvalue weighted by atomic mass is 15.2. The third kappa shape index (κ3) is 3.58. The zero-order chi connectivity index (χ0) is 13.8. The Balaban J connectivity index is 1.97. The van der Waals surface area contributed by atoms with Crippen molar-refractivity contribution in [3.05, 3.63) is 35.4 Å². The minimum absolute atomic E-state index is 0.652. The fourth-order valence-electron chi connectivity index (χ4n) is 3.14. The molecule has 0 spiro atoms. The smallest absolute Gasteiger partial charge is 0.0236 e. The van der Waals surface area contributed by atoms with Gasteiger partial charge in [0.15, 0.2) is 0 Å². The maximum absolute atomic E-state index is 3.63. The standard InChI is InChI=1S/C17H28N2/c1-5-18-17-10-11-19(15(4)14(17)3)12-16-8-6-13(2)7-9-16/h6-9,14-15,17-18H,5,10-12H2,1-4H3. The fraction of sp³-hybridized carbons (Fsp3) is 0.647. The molecule has 0 radical (unpaired) electrons. The summed E-state index contributed by atoms with van der Waals surface area (Å²) in [6, 6.07) is 10.3. The van der Waals surface area contributed by atoms with E-state index in [-0.39, 0.29) is 0 Å². The Morgan fingerprint density at radius 3 is 2.53 bits per heavy atom. The van der Waals surface area contributed by atoms with E-state index in [1.165, 1.54) is 24.1 Å². The van der Waals surface area contributed by atoms with Gasteiger partial charge in [-0.15, -0.1) is 0 Å². The van der Waals surface area contributed by atoms with Crippen molar-refractivity contribution < 1.29 is 0 Å². The molecule has 0 aromatic heterocycles. The minimum Gasteiger partial charge on any atom is -0.314 e. The van der Waals surface area contributed by atoms with Crippen LogP contribution < -0.4 is 5.32 Å². The number of nitrogens with zero attached hydrogens (tertiary/aromatic N) is 1. The van der Waals surface area contributed by atoms with Gasteiger partial charge >= 0.3 is 0 Å². The van der Waals surface area contributed by atoms with E-state index in [1.54, 1.807) is 0 Å². The second-order valence-electron chi connectivity index (χ2n) is 6.01. The van der Waals surface area contributed by atoms with Crippen molar-refractivity contribution in [2.45, 2.75) is 52.7 Å². The lowest BCUT2D eigenvalue weighted by Gasteiger charge is -2.43. The normalized spacial score (nSPS) is 28.5. The van der Waals surface area contributed by atoms with Gasteiger partial charge in [-0.3, -0.25) is 4.90 Å². The fourth-order valence-corrected chi connectivity index (χ4v) is 3.14. The van der Waals surface area contributed by atoms with Gasteiger partial charge in [0.1, 0.15) is 0 Å². The van der Waals surface area contributed by atoms with Crippen LogP contribution in [0.1, 0.15) is 38.3 Å². The Kier molecular flexibility index (Phi) is 5.00. The quantitative estimate of drug-likeness (QED) is 0.894. The van der Waals surface area contributed by atoms with Crippen molar-refractivity contribution in [3.8, 4) is 0 Å². The van der Waals surface area contributed by atoms with Crippen LogP contribution >= 0.6 is 0 Å². The van der Waals surface area contributed by atoms with E-state index in [0.717, 1.165) is 19.0 Å². The molecule has 0 bridgehead atoms. The molecule has 0 saturated carbocycles. The summed E-state index contributed by atoms with van der Waals surface area (Å²) in [7, 11) is 0. The summed E-state index contributed by atoms with van der Waals surface area (Å²) in [5.41, 5.74) is 2.78. The molecule has 19 heavy (non-hydrogen) atoms. The summed E-state index contributed by atoms with van der Waals surface area (Å²) in [5, 5.41) is 3.63. The SMILES string of the molecule is CCNC1CCN(Cc2ccc(C)cc2)C(C)C1C. The van der Waals surface area contributed by atoms with Gasteiger partial charge in [-0.2, -0.15) is 0 Å². The molecule has 2 rings (SSSR count). The summed E-state index contributed by atoms with van der Waals surface area (Å²) in [6.45, 7) is 12.5. The number of hydrogen-bond donors (Lipinski definition) is 1. The van der Waals surface area contributed by atoms with E-state index in [4.69, 9.17) is 0 Å². The lowest BCUT2D eigenvalue weighted by molar-refractivity contribution is 0.0790. The summed E-state index contributed by atoms with van der Waals surface area (Å²) >= 11 is 0. The van der Waals surface area contributed by atoms with E-state index >= 15 is 0 Å². The Bertz CT molecular complexity index is 385. The average molecular weight is 260 g/mol. The van der Waals surface area contributed by atoms with Gasteiger partial charge in [-0.25, -0.2) is 0 Å². The molecule has 1 aromatic rings. The van der Waals surface area contributed by atoms with Crippen molar-refractivity contribution in [3.63, 3.8) is 0 Å². The lowest BCUT2D eigenvalue weighted by Crippen LogP contribution is -2.52. The molecule has 1 N–H and O–H groups in total. The Labute approximate surface area is 118 Å². The predicted octanol–water partition coefficient (Wildman–Crippen LogP) is 3.20. The molecule has 1 heterocycles. The van der Waals surface area contributed by atoms with Gasteiger partial charge in [0, 0.05) is 25.2 Å². The topological polar surface area (TPSA) is 15.3 Å². The van der Waals surface area contributed by atoms with E-state index < -0.39 is 0 Å². The molecule has 0 aliphatic carbocycles. The number of rotatable bonds is 4. The van der Waals surface area contributed by atoms with Crippen molar-refractivity contribution in [2.24, 2.45) is 5.92 Å². The molecular formula is C17H28N2. The molecule has 2 heteroatoms. The molecule has 1 saturated heterocycles. The van der Waals surface area contributed by atoms with Crippen LogP contribution in [0.25, 0.3) is 0 Å². The Morgan fingerprint density at radius 2 is 1.89 bits per heavy atom. The highest BCUT2D eigenvalue weighted by molar-refractivity contribution is 5.21. The summed E-state index contributed by atoms with van der Waals surface area (Å²) in [6.07, 6.45) is 1.27. The molecule has 1 aromatic carbocycles. The van der Waals surface area contributed by atoms with Gasteiger partial charge in [0.25, 0.3) is 0 Å². The first-order valence-corrected chi connectivity index (χ1v) is 7.64. The first-order chi connectivity index (χ1) is 9.11. The third-order valence-electron chi connectivity index (χ3n) is 4.67. The van der Waals surface area contributed by atoms with Crippen molar-refractivity contribution in [1.29, 1.82) is 0 Å². The van der Waals surface area contributed by atoms with Crippen LogP contribution in [-0.4, -0.2) is 30.1 Å². The molecule has 106 valence electrons. The Hall–Kier alpha value is -0.860. The third-order valence-corrected chi connectivity index (χ3v) is 4.67. The van der Waals surface area contributed by atoms with Gasteiger partial charge in [0.05, 0.1) is 0 Å². The zero-order valence-electron chi connectivity index (χ0n) is 12.8. The van der Waals surface area contributed by atoms with Crippen molar-refractivity contribution in [1.82, 2.24) is 10.2 Å². The van der Waals surface area contributed by atoms with Crippen LogP contribution in [-0.2, 0) is 6.54 Å². The number of benzene rings is 1. The maximum atomic E-state index is 3.63. The largest absolute Gasteiger partial charge is 0.314 e. The number of piperidine rings is 1. The summed E-state index contributed by atoms with van der Waals surface area (Å²) in [5.74, 6) is 0.721. The summed E-state index contributed by atoms with van der Waals surface area (Å²) < 4.78 is 0. The minimum atomic E-state index is 0.652. The molecule has 3 unspecified atom stereocenters. The molecular weight excluding hydrogens is 232 g/mol. The zero-order valence-corrected chi connectivity index (χ0v) is 12.8. The van der Waals surface area contributed by atoms with Gasteiger partial charge in [-0.05, 0) is 38.3 Å². The van der Waals surface area contributed by atoms with Crippen LogP contribution in [0, 0.1) is 12.8 Å². The second kappa shape index (κ2) is 6.53. The molecule has 1 aliphatic rings. The van der Waals surface area contributed by atoms with Crippen LogP contribution in [0.4, 0.5) is 0 Å². The molecule has 1 aliphatic heterocycles. The van der Waals surface area contributed by atoms with Crippen molar-refractivity contribution >= 4 is 0 Å². The van der Waals surface area contributed by atoms with Crippen LogP contribution in [0.3, 0.4) is 0 Å². The first-order valence-electron chi connectivity index (χ1n) is 7.64. The number of likely N-dealkylation sites (tertiary alicyclic amines) is 1. The Morgan fingerprint density at radius 1 is 1.21 bits per heavy atom. The predicted molar refractivity (Wildman–Crippen MR) is 82.3 cm³/mol. The van der Waals surface area contributed by atoms with Crippen LogP contribution in [0.15, 0.2) is 24.3 Å². The van der Waals surface area contributed by atoms with Crippen LogP contribution in [0.5, 0.6) is 0 Å². The average Bonchev–Trinajstić information content (AvgIpc) is 2.41. The highest BCUT2D eigenvalue weighted by Crippen LogP contribution is 2.25. The molecule has 3 atom stereocenters. The molecule has 2 nitrogen and oxygen atoms in total. The number of aryl methyl sites for hydroxylation is 1. The number of nitrogens with one attached hydrogen (secondary N) is 1. The highest BCUT2D eigenvalue weighted by Gasteiger charge is 2.31. The molecule has 1 fully saturated rings. The van der Waals surface area contributed by atoms with E-state index in [1.807, 2.05) is 0 Å².